The molecule has 0 spiro atoms. The molecule has 1 aliphatic carbocycles. The van der Waals surface area contributed by atoms with Crippen LogP contribution in [0, 0.1) is 5.92 Å². The van der Waals surface area contributed by atoms with E-state index < -0.39 is 12.3 Å². The van der Waals surface area contributed by atoms with Crippen molar-refractivity contribution in [2.75, 3.05) is 13.2 Å². The van der Waals surface area contributed by atoms with Crippen LogP contribution in [0.25, 0.3) is 11.0 Å². The van der Waals surface area contributed by atoms with Crippen LogP contribution in [0.15, 0.2) is 34.9 Å². The fraction of sp³-hybridized carbons (Fsp3) is 0.500. The van der Waals surface area contributed by atoms with Gasteiger partial charge in [0.2, 0.25) is 0 Å². The van der Waals surface area contributed by atoms with Crippen molar-refractivity contribution in [2.45, 2.75) is 31.4 Å². The second-order valence-electron chi connectivity index (χ2n) is 5.60. The lowest BCUT2D eigenvalue weighted by Gasteiger charge is -2.35. The molecule has 2 N–H and O–H groups in total. The molecule has 0 aliphatic heterocycles. The number of alkyl halides is 1. The first-order chi connectivity index (χ1) is 9.69. The van der Waals surface area contributed by atoms with Crippen LogP contribution in [0.3, 0.4) is 0 Å². The molecule has 1 saturated carbocycles. The number of likely N-dealkylation sites (N-methyl/N-ethyl adjacent to an activating group) is 1. The third-order valence-corrected chi connectivity index (χ3v) is 4.19. The molecule has 1 aromatic carbocycles. The summed E-state index contributed by atoms with van der Waals surface area (Å²) in [7, 11) is 0. The molecule has 0 radical (unpaired) electrons. The Kier molecular flexibility index (Phi) is 3.52. The van der Waals surface area contributed by atoms with Gasteiger partial charge in [0.15, 0.2) is 0 Å². The molecule has 1 heterocycles. The molecule has 4 heteroatoms. The van der Waals surface area contributed by atoms with Crippen LogP contribution in [0.5, 0.6) is 0 Å². The lowest BCUT2D eigenvalue weighted by Crippen LogP contribution is -2.51. The Labute approximate surface area is 117 Å². The highest BCUT2D eigenvalue weighted by atomic mass is 19.1. The number of rotatable bonds is 6. The number of furan rings is 1. The summed E-state index contributed by atoms with van der Waals surface area (Å²) in [5.41, 5.74) is -0.223. The van der Waals surface area contributed by atoms with Gasteiger partial charge >= 0.3 is 0 Å². The maximum atomic E-state index is 13.7. The van der Waals surface area contributed by atoms with E-state index in [2.05, 4.69) is 5.32 Å². The Bertz CT molecular complexity index is 593. The van der Waals surface area contributed by atoms with Crippen LogP contribution < -0.4 is 5.32 Å². The van der Waals surface area contributed by atoms with Crippen LogP contribution in [0.2, 0.25) is 0 Å². The van der Waals surface area contributed by atoms with Gasteiger partial charge in [0.25, 0.3) is 0 Å². The zero-order valence-corrected chi connectivity index (χ0v) is 11.6. The maximum Gasteiger partial charge on any atom is 0.134 e. The monoisotopic (exact) mass is 277 g/mol. The van der Waals surface area contributed by atoms with E-state index in [0.29, 0.717) is 23.6 Å². The van der Waals surface area contributed by atoms with Crippen LogP contribution in [-0.4, -0.2) is 24.4 Å². The van der Waals surface area contributed by atoms with Crippen LogP contribution >= 0.6 is 0 Å². The minimum absolute atomic E-state index is 0.245. The molecule has 2 aromatic rings. The molecular formula is C16H20FNO2. The van der Waals surface area contributed by atoms with Crippen LogP contribution in [-0.2, 0) is 5.60 Å². The first-order valence-electron chi connectivity index (χ1n) is 7.18. The molecule has 3 nitrogen and oxygen atoms in total. The third kappa shape index (κ3) is 2.23. The van der Waals surface area contributed by atoms with E-state index in [4.69, 9.17) is 4.42 Å². The van der Waals surface area contributed by atoms with Crippen molar-refractivity contribution in [1.82, 2.24) is 5.32 Å². The molecular weight excluding hydrogens is 257 g/mol. The lowest BCUT2D eigenvalue weighted by atomic mass is 9.84. The van der Waals surface area contributed by atoms with Gasteiger partial charge in [-0.3, -0.25) is 0 Å². The van der Waals surface area contributed by atoms with E-state index in [1.54, 1.807) is 18.4 Å². The highest BCUT2D eigenvalue weighted by Crippen LogP contribution is 2.42. The predicted molar refractivity (Wildman–Crippen MR) is 76.3 cm³/mol. The molecule has 0 amide bonds. The standard InChI is InChI=1S/C16H20FNO2/c1-2-18-15(12-3-4-12)16(19,10-17)13-6-5-11-7-8-20-14(11)9-13/h5-9,12,15,18-19H,2-4,10H2,1H3. The number of fused-ring (bicyclic) bond motifs is 1. The first kappa shape index (κ1) is 13.6. The van der Waals surface area contributed by atoms with E-state index in [9.17, 15) is 9.50 Å². The Morgan fingerprint density at radius 2 is 2.25 bits per heavy atom. The SMILES string of the molecule is CCNC(C1CC1)C(O)(CF)c1ccc2ccoc2c1. The van der Waals surface area contributed by atoms with Crippen LogP contribution in [0.4, 0.5) is 4.39 Å². The Balaban J connectivity index is 2.00. The highest BCUT2D eigenvalue weighted by Gasteiger charge is 2.46. The zero-order chi connectivity index (χ0) is 14.2. The number of hydrogen-bond acceptors (Lipinski definition) is 3. The molecule has 0 saturated heterocycles. The summed E-state index contributed by atoms with van der Waals surface area (Å²) in [6, 6.07) is 7.03. The third-order valence-electron chi connectivity index (χ3n) is 4.19. The van der Waals surface area contributed by atoms with Gasteiger partial charge in [0.05, 0.1) is 6.26 Å². The van der Waals surface area contributed by atoms with Gasteiger partial charge < -0.3 is 14.8 Å². The van der Waals surface area contributed by atoms with E-state index in [1.807, 2.05) is 19.1 Å². The minimum Gasteiger partial charge on any atom is -0.464 e. The van der Waals surface area contributed by atoms with E-state index in [-0.39, 0.29) is 6.04 Å². The number of hydrogen-bond donors (Lipinski definition) is 2. The van der Waals surface area contributed by atoms with Crippen molar-refractivity contribution in [3.05, 3.63) is 36.1 Å². The highest BCUT2D eigenvalue weighted by molar-refractivity contribution is 5.77. The van der Waals surface area contributed by atoms with Gasteiger partial charge in [-0.05, 0) is 43.0 Å². The van der Waals surface area contributed by atoms with Crippen molar-refractivity contribution < 1.29 is 13.9 Å². The molecule has 3 rings (SSSR count). The second kappa shape index (κ2) is 5.19. The van der Waals surface area contributed by atoms with E-state index >= 15 is 0 Å². The van der Waals surface area contributed by atoms with Crippen molar-refractivity contribution in [3.8, 4) is 0 Å². The van der Waals surface area contributed by atoms with Gasteiger partial charge in [0, 0.05) is 11.4 Å². The quantitative estimate of drug-likeness (QED) is 0.853. The molecule has 108 valence electrons. The summed E-state index contributed by atoms with van der Waals surface area (Å²) in [5.74, 6) is 0.350. The van der Waals surface area contributed by atoms with Crippen molar-refractivity contribution in [2.24, 2.45) is 5.92 Å². The van der Waals surface area contributed by atoms with Crippen molar-refractivity contribution in [1.29, 1.82) is 0 Å². The van der Waals surface area contributed by atoms with Gasteiger partial charge in [0.1, 0.15) is 17.9 Å². The van der Waals surface area contributed by atoms with Gasteiger partial charge in [-0.2, -0.15) is 0 Å². The summed E-state index contributed by atoms with van der Waals surface area (Å²) < 4.78 is 19.1. The van der Waals surface area contributed by atoms with Crippen molar-refractivity contribution in [3.63, 3.8) is 0 Å². The molecule has 1 aromatic heterocycles. The van der Waals surface area contributed by atoms with Gasteiger partial charge in [-0.25, -0.2) is 4.39 Å². The molecule has 20 heavy (non-hydrogen) atoms. The summed E-state index contributed by atoms with van der Waals surface area (Å²) >= 11 is 0. The molecule has 0 bridgehead atoms. The molecule has 1 fully saturated rings. The fourth-order valence-electron chi connectivity index (χ4n) is 2.94. The minimum atomic E-state index is -1.49. The van der Waals surface area contributed by atoms with E-state index in [0.717, 1.165) is 18.2 Å². The molecule has 1 aliphatic rings. The van der Waals surface area contributed by atoms with Crippen molar-refractivity contribution >= 4 is 11.0 Å². The smallest absolute Gasteiger partial charge is 0.134 e. The number of halogens is 1. The summed E-state index contributed by atoms with van der Waals surface area (Å²) in [6.07, 6.45) is 3.69. The summed E-state index contributed by atoms with van der Waals surface area (Å²) in [4.78, 5) is 0. The van der Waals surface area contributed by atoms with Crippen LogP contribution in [0.1, 0.15) is 25.3 Å². The topological polar surface area (TPSA) is 45.4 Å². The second-order valence-corrected chi connectivity index (χ2v) is 5.60. The summed E-state index contributed by atoms with van der Waals surface area (Å²) in [6.45, 7) is 1.89. The fourth-order valence-corrected chi connectivity index (χ4v) is 2.94. The largest absolute Gasteiger partial charge is 0.464 e. The predicted octanol–water partition coefficient (Wildman–Crippen LogP) is 2.98. The molecule has 2 unspecified atom stereocenters. The van der Waals surface area contributed by atoms with E-state index in [1.165, 1.54) is 0 Å². The Hall–Kier alpha value is -1.39. The molecule has 2 atom stereocenters. The average molecular weight is 277 g/mol. The number of benzene rings is 1. The zero-order valence-electron chi connectivity index (χ0n) is 11.6. The Morgan fingerprint density at radius 3 is 2.90 bits per heavy atom. The Morgan fingerprint density at radius 1 is 1.45 bits per heavy atom. The normalized spacial score (nSPS) is 19.9. The lowest BCUT2D eigenvalue weighted by molar-refractivity contribution is -0.0314. The number of nitrogens with one attached hydrogen (secondary N) is 1. The maximum absolute atomic E-state index is 13.7. The first-order valence-corrected chi connectivity index (χ1v) is 7.18. The summed E-state index contributed by atoms with van der Waals surface area (Å²) in [5, 5.41) is 15.1. The average Bonchev–Trinajstić information content (AvgIpc) is 3.20. The number of aliphatic hydroxyl groups is 1. The van der Waals surface area contributed by atoms with Gasteiger partial charge in [-0.1, -0.05) is 19.1 Å². The van der Waals surface area contributed by atoms with Gasteiger partial charge in [-0.15, -0.1) is 0 Å².